The number of carbonyl (C=O) groups excluding carboxylic acids is 1. The molecule has 0 aromatic carbocycles. The Kier molecular flexibility index (Phi) is 4.97. The first-order valence-corrected chi connectivity index (χ1v) is 6.64. The standard InChI is InChI=1S/C13H23N3O4/c1-13(2,3)20-11(19)7-4-5-8(10(17)18)9(6-7)16-12(14)15/h7-9H,4-6H2,1-3H3,(H,17,18)(H4,14,15,16)/t7?,8-,9-/m1/s1. The Morgan fingerprint density at radius 1 is 1.25 bits per heavy atom. The summed E-state index contributed by atoms with van der Waals surface area (Å²) >= 11 is 0. The monoisotopic (exact) mass is 285 g/mol. The Bertz CT molecular complexity index is 410. The van der Waals surface area contributed by atoms with Crippen molar-refractivity contribution in [3.8, 4) is 0 Å². The zero-order chi connectivity index (χ0) is 15.5. The van der Waals surface area contributed by atoms with Gasteiger partial charge in [0.1, 0.15) is 5.60 Å². The van der Waals surface area contributed by atoms with Crippen LogP contribution in [0.4, 0.5) is 0 Å². The molecule has 0 spiro atoms. The Balaban J connectivity index is 2.79. The van der Waals surface area contributed by atoms with Crippen molar-refractivity contribution in [1.29, 1.82) is 0 Å². The summed E-state index contributed by atoms with van der Waals surface area (Å²) < 4.78 is 5.33. The van der Waals surface area contributed by atoms with Gasteiger partial charge in [0, 0.05) is 0 Å². The van der Waals surface area contributed by atoms with Gasteiger partial charge >= 0.3 is 11.9 Å². The highest BCUT2D eigenvalue weighted by atomic mass is 16.6. The SMILES string of the molecule is CC(C)(C)OC(=O)C1CC[C@@H](C(=O)O)[C@H](N=C(N)N)C1. The van der Waals surface area contributed by atoms with Gasteiger partial charge in [-0.05, 0) is 40.0 Å². The van der Waals surface area contributed by atoms with Crippen LogP contribution in [-0.4, -0.2) is 34.6 Å². The molecule has 0 amide bonds. The molecule has 1 unspecified atom stereocenters. The third kappa shape index (κ3) is 4.71. The summed E-state index contributed by atoms with van der Waals surface area (Å²) in [4.78, 5) is 27.2. The largest absolute Gasteiger partial charge is 0.481 e. The summed E-state index contributed by atoms with van der Waals surface area (Å²) in [7, 11) is 0. The van der Waals surface area contributed by atoms with Gasteiger partial charge in [-0.3, -0.25) is 9.59 Å². The van der Waals surface area contributed by atoms with Crippen molar-refractivity contribution in [2.45, 2.75) is 51.7 Å². The van der Waals surface area contributed by atoms with Gasteiger partial charge in [-0.25, -0.2) is 4.99 Å². The summed E-state index contributed by atoms with van der Waals surface area (Å²) in [5.41, 5.74) is 10.1. The maximum Gasteiger partial charge on any atom is 0.309 e. The van der Waals surface area contributed by atoms with Gasteiger partial charge in [0.25, 0.3) is 0 Å². The third-order valence-corrected chi connectivity index (χ3v) is 3.19. The van der Waals surface area contributed by atoms with Crippen LogP contribution in [0.1, 0.15) is 40.0 Å². The van der Waals surface area contributed by atoms with E-state index in [1.54, 1.807) is 20.8 Å². The van der Waals surface area contributed by atoms with Crippen LogP contribution in [0.25, 0.3) is 0 Å². The van der Waals surface area contributed by atoms with E-state index in [1.165, 1.54) is 0 Å². The number of aliphatic imine (C=N–C) groups is 1. The molecule has 0 bridgehead atoms. The minimum atomic E-state index is -0.942. The topological polar surface area (TPSA) is 128 Å². The average molecular weight is 285 g/mol. The number of carboxylic acids is 1. The Morgan fingerprint density at radius 2 is 1.85 bits per heavy atom. The molecule has 7 nitrogen and oxygen atoms in total. The number of ether oxygens (including phenoxy) is 1. The molecule has 20 heavy (non-hydrogen) atoms. The van der Waals surface area contributed by atoms with Crippen LogP contribution in [-0.2, 0) is 14.3 Å². The Labute approximate surface area is 118 Å². The van der Waals surface area contributed by atoms with Gasteiger partial charge in [-0.1, -0.05) is 0 Å². The molecule has 0 heterocycles. The molecule has 0 aromatic heterocycles. The number of esters is 1. The first kappa shape index (κ1) is 16.3. The molecule has 1 rings (SSSR count). The first-order chi connectivity index (χ1) is 9.10. The second-order valence-electron chi connectivity index (χ2n) is 6.11. The highest BCUT2D eigenvalue weighted by molar-refractivity contribution is 5.78. The van der Waals surface area contributed by atoms with Crippen LogP contribution in [0.2, 0.25) is 0 Å². The van der Waals surface area contributed by atoms with Crippen molar-refractivity contribution < 1.29 is 19.4 Å². The molecule has 114 valence electrons. The molecule has 1 aliphatic carbocycles. The normalized spacial score (nSPS) is 26.6. The van der Waals surface area contributed by atoms with Gasteiger partial charge in [0.05, 0.1) is 17.9 Å². The van der Waals surface area contributed by atoms with Crippen LogP contribution in [0.5, 0.6) is 0 Å². The number of rotatable bonds is 3. The van der Waals surface area contributed by atoms with E-state index in [0.29, 0.717) is 19.3 Å². The average Bonchev–Trinajstić information content (AvgIpc) is 2.25. The number of nitrogens with two attached hydrogens (primary N) is 2. The van der Waals surface area contributed by atoms with Gasteiger partial charge in [-0.15, -0.1) is 0 Å². The number of nitrogens with zero attached hydrogens (tertiary/aromatic N) is 1. The fraction of sp³-hybridized carbons (Fsp3) is 0.769. The number of guanidine groups is 1. The fourth-order valence-electron chi connectivity index (χ4n) is 2.37. The molecule has 0 saturated heterocycles. The predicted octanol–water partition coefficient (Wildman–Crippen LogP) is 0.471. The number of hydrogen-bond acceptors (Lipinski definition) is 4. The second kappa shape index (κ2) is 6.11. The molecule has 1 fully saturated rings. The summed E-state index contributed by atoms with van der Waals surface area (Å²) in [6, 6.07) is -0.580. The molecule has 0 aliphatic heterocycles. The first-order valence-electron chi connectivity index (χ1n) is 6.64. The summed E-state index contributed by atoms with van der Waals surface area (Å²) in [5.74, 6) is -2.44. The summed E-state index contributed by atoms with van der Waals surface area (Å²) in [6.45, 7) is 5.38. The molecule has 7 heteroatoms. The maximum absolute atomic E-state index is 12.0. The van der Waals surface area contributed by atoms with Crippen molar-refractivity contribution in [2.75, 3.05) is 0 Å². The molecule has 0 radical (unpaired) electrons. The van der Waals surface area contributed by atoms with Gasteiger partial charge in [0.15, 0.2) is 5.96 Å². The van der Waals surface area contributed by atoms with Crippen molar-refractivity contribution in [3.05, 3.63) is 0 Å². The number of carboxylic acid groups (broad SMARTS) is 1. The minimum absolute atomic E-state index is 0.161. The van der Waals surface area contributed by atoms with Crippen LogP contribution < -0.4 is 11.5 Å². The molecular formula is C13H23N3O4. The van der Waals surface area contributed by atoms with Gasteiger partial charge in [-0.2, -0.15) is 0 Å². The lowest BCUT2D eigenvalue weighted by Gasteiger charge is -2.32. The number of hydrogen-bond donors (Lipinski definition) is 3. The van der Waals surface area contributed by atoms with Gasteiger partial charge in [0.2, 0.25) is 0 Å². The third-order valence-electron chi connectivity index (χ3n) is 3.19. The van der Waals surface area contributed by atoms with E-state index in [0.717, 1.165) is 0 Å². The van der Waals surface area contributed by atoms with Crippen molar-refractivity contribution >= 4 is 17.9 Å². The smallest absolute Gasteiger partial charge is 0.309 e. The highest BCUT2D eigenvalue weighted by Crippen LogP contribution is 2.33. The molecule has 1 saturated carbocycles. The van der Waals surface area contributed by atoms with E-state index in [9.17, 15) is 9.59 Å². The lowest BCUT2D eigenvalue weighted by atomic mass is 9.78. The van der Waals surface area contributed by atoms with E-state index in [4.69, 9.17) is 21.3 Å². The van der Waals surface area contributed by atoms with Crippen LogP contribution in [0, 0.1) is 11.8 Å². The molecular weight excluding hydrogens is 262 g/mol. The quantitative estimate of drug-likeness (QED) is 0.393. The maximum atomic E-state index is 12.0. The Hall–Kier alpha value is -1.79. The van der Waals surface area contributed by atoms with Crippen molar-refractivity contribution in [3.63, 3.8) is 0 Å². The van der Waals surface area contributed by atoms with Crippen molar-refractivity contribution in [2.24, 2.45) is 28.3 Å². The van der Waals surface area contributed by atoms with Crippen LogP contribution >= 0.6 is 0 Å². The summed E-state index contributed by atoms with van der Waals surface area (Å²) in [5, 5.41) is 9.17. The summed E-state index contributed by atoms with van der Waals surface area (Å²) in [6.07, 6.45) is 1.13. The van der Waals surface area contributed by atoms with Gasteiger partial charge < -0.3 is 21.3 Å². The fourth-order valence-corrected chi connectivity index (χ4v) is 2.37. The molecule has 5 N–H and O–H groups in total. The zero-order valence-corrected chi connectivity index (χ0v) is 12.1. The lowest BCUT2D eigenvalue weighted by Crippen LogP contribution is -2.40. The highest BCUT2D eigenvalue weighted by Gasteiger charge is 2.39. The van der Waals surface area contributed by atoms with Crippen molar-refractivity contribution in [1.82, 2.24) is 0 Å². The molecule has 3 atom stereocenters. The lowest BCUT2D eigenvalue weighted by molar-refractivity contribution is -0.163. The van der Waals surface area contributed by atoms with E-state index >= 15 is 0 Å². The van der Waals surface area contributed by atoms with E-state index in [1.807, 2.05) is 0 Å². The van der Waals surface area contributed by atoms with Crippen LogP contribution in [0.3, 0.4) is 0 Å². The number of carbonyl (C=O) groups is 2. The number of aliphatic carboxylic acids is 1. The predicted molar refractivity (Wildman–Crippen MR) is 73.9 cm³/mol. The van der Waals surface area contributed by atoms with E-state index in [2.05, 4.69) is 4.99 Å². The van der Waals surface area contributed by atoms with Crippen LogP contribution in [0.15, 0.2) is 4.99 Å². The second-order valence-corrected chi connectivity index (χ2v) is 6.11. The minimum Gasteiger partial charge on any atom is -0.481 e. The zero-order valence-electron chi connectivity index (χ0n) is 12.1. The molecule has 1 aliphatic rings. The van der Waals surface area contributed by atoms with E-state index in [-0.39, 0.29) is 17.8 Å². The Morgan fingerprint density at radius 3 is 2.30 bits per heavy atom. The molecule has 0 aromatic rings. The van der Waals surface area contributed by atoms with E-state index < -0.39 is 23.5 Å².